The van der Waals surface area contributed by atoms with E-state index in [1.165, 1.54) is 0 Å². The number of hydrogen-bond donors (Lipinski definition) is 1. The molecule has 0 radical (unpaired) electrons. The largest absolute Gasteiger partial charge is 0.434 e. The smallest absolute Gasteiger partial charge is 0.417 e. The zero-order valence-electron chi connectivity index (χ0n) is 10.1. The number of anilines is 1. The quantitative estimate of drug-likeness (QED) is 0.883. The highest BCUT2D eigenvalue weighted by Gasteiger charge is 2.36. The van der Waals surface area contributed by atoms with Gasteiger partial charge in [0.2, 0.25) is 11.8 Å². The van der Waals surface area contributed by atoms with Crippen molar-refractivity contribution in [2.24, 2.45) is 0 Å². The number of hydrogen-bond acceptors (Lipinski definition) is 5. The lowest BCUT2D eigenvalue weighted by Gasteiger charge is -2.12. The summed E-state index contributed by atoms with van der Waals surface area (Å²) in [5.74, 6) is -0.949. The van der Waals surface area contributed by atoms with Gasteiger partial charge in [0.15, 0.2) is 5.69 Å². The third-order valence-corrected chi connectivity index (χ3v) is 2.33. The molecule has 0 bridgehead atoms. The topological polar surface area (TPSA) is 73.9 Å². The molecule has 0 aliphatic rings. The Kier molecular flexibility index (Phi) is 3.87. The molecule has 0 saturated heterocycles. The van der Waals surface area contributed by atoms with E-state index in [-0.39, 0.29) is 11.1 Å². The SMILES string of the molecule is Nc1ncc(-c2ccc(OC(F)F)nc2)c(C(F)(F)F)n1. The van der Waals surface area contributed by atoms with Gasteiger partial charge in [0.05, 0.1) is 0 Å². The van der Waals surface area contributed by atoms with E-state index >= 15 is 0 Å². The predicted octanol–water partition coefficient (Wildman–Crippen LogP) is 2.74. The monoisotopic (exact) mass is 306 g/mol. The van der Waals surface area contributed by atoms with Gasteiger partial charge in [0.25, 0.3) is 0 Å². The molecule has 0 amide bonds. The number of alkyl halides is 5. The fourth-order valence-electron chi connectivity index (χ4n) is 1.52. The first kappa shape index (κ1) is 14.9. The summed E-state index contributed by atoms with van der Waals surface area (Å²) in [6, 6.07) is 2.15. The van der Waals surface area contributed by atoms with Crippen LogP contribution in [-0.2, 0) is 6.18 Å². The Balaban J connectivity index is 2.42. The van der Waals surface area contributed by atoms with Crippen molar-refractivity contribution < 1.29 is 26.7 Å². The van der Waals surface area contributed by atoms with Crippen molar-refractivity contribution in [3.63, 3.8) is 0 Å². The van der Waals surface area contributed by atoms with Crippen molar-refractivity contribution in [1.29, 1.82) is 0 Å². The summed E-state index contributed by atoms with van der Waals surface area (Å²) in [6.45, 7) is -3.08. The zero-order chi connectivity index (χ0) is 15.6. The van der Waals surface area contributed by atoms with Crippen molar-refractivity contribution in [3.8, 4) is 17.0 Å². The maximum Gasteiger partial charge on any atom is 0.434 e. The van der Waals surface area contributed by atoms with Gasteiger partial charge in [-0.25, -0.2) is 15.0 Å². The van der Waals surface area contributed by atoms with Gasteiger partial charge in [-0.05, 0) is 6.07 Å². The molecule has 10 heteroatoms. The number of halogens is 5. The van der Waals surface area contributed by atoms with Gasteiger partial charge in [-0.15, -0.1) is 0 Å². The van der Waals surface area contributed by atoms with E-state index < -0.39 is 30.3 Å². The molecule has 21 heavy (non-hydrogen) atoms. The first-order valence-electron chi connectivity index (χ1n) is 5.38. The van der Waals surface area contributed by atoms with Crippen molar-refractivity contribution in [1.82, 2.24) is 15.0 Å². The fraction of sp³-hybridized carbons (Fsp3) is 0.182. The lowest BCUT2D eigenvalue weighted by atomic mass is 10.1. The first-order chi connectivity index (χ1) is 9.77. The summed E-state index contributed by atoms with van der Waals surface area (Å²) in [5.41, 5.74) is 3.53. The molecule has 5 nitrogen and oxygen atoms in total. The number of nitrogens with zero attached hydrogens (tertiary/aromatic N) is 3. The molecule has 0 saturated carbocycles. The minimum Gasteiger partial charge on any atom is -0.417 e. The molecule has 112 valence electrons. The molecule has 0 aromatic carbocycles. The van der Waals surface area contributed by atoms with Crippen LogP contribution in [0, 0.1) is 0 Å². The summed E-state index contributed by atoms with van der Waals surface area (Å²) >= 11 is 0. The Morgan fingerprint density at radius 1 is 1.10 bits per heavy atom. The molecular weight excluding hydrogens is 299 g/mol. The van der Waals surface area contributed by atoms with E-state index in [0.717, 1.165) is 24.5 Å². The molecule has 0 aliphatic heterocycles. The second kappa shape index (κ2) is 5.46. The third kappa shape index (κ3) is 3.52. The average Bonchev–Trinajstić information content (AvgIpc) is 2.38. The predicted molar refractivity (Wildman–Crippen MR) is 61.3 cm³/mol. The Bertz CT molecular complexity index is 630. The van der Waals surface area contributed by atoms with Crippen molar-refractivity contribution >= 4 is 5.95 Å². The van der Waals surface area contributed by atoms with Gasteiger partial charge in [0, 0.05) is 29.6 Å². The van der Waals surface area contributed by atoms with Crippen molar-refractivity contribution in [2.45, 2.75) is 12.8 Å². The van der Waals surface area contributed by atoms with E-state index in [1.54, 1.807) is 0 Å². The standard InChI is InChI=1S/C11H7F5N4O/c12-9(13)21-7-2-1-5(3-18-7)6-4-19-10(17)20-8(6)11(14,15)16/h1-4,9H,(H2,17,19,20). The highest BCUT2D eigenvalue weighted by atomic mass is 19.4. The molecule has 0 atom stereocenters. The van der Waals surface area contributed by atoms with Crippen molar-refractivity contribution in [2.75, 3.05) is 5.73 Å². The summed E-state index contributed by atoms with van der Waals surface area (Å²) in [7, 11) is 0. The van der Waals surface area contributed by atoms with Crippen LogP contribution in [0.4, 0.5) is 27.9 Å². The summed E-state index contributed by atoms with van der Waals surface area (Å²) in [5, 5.41) is 0. The summed E-state index contributed by atoms with van der Waals surface area (Å²) in [6.07, 6.45) is -2.91. The van der Waals surface area contributed by atoms with Gasteiger partial charge in [0.1, 0.15) is 0 Å². The van der Waals surface area contributed by atoms with E-state index in [2.05, 4.69) is 19.7 Å². The van der Waals surface area contributed by atoms with Crippen LogP contribution >= 0.6 is 0 Å². The molecule has 0 unspecified atom stereocenters. The molecule has 0 aliphatic carbocycles. The van der Waals surface area contributed by atoms with Gasteiger partial charge < -0.3 is 10.5 Å². The van der Waals surface area contributed by atoms with E-state index in [4.69, 9.17) is 5.73 Å². The van der Waals surface area contributed by atoms with Crippen LogP contribution in [0.3, 0.4) is 0 Å². The van der Waals surface area contributed by atoms with Crippen molar-refractivity contribution in [3.05, 3.63) is 30.2 Å². The van der Waals surface area contributed by atoms with Gasteiger partial charge in [-0.2, -0.15) is 22.0 Å². The first-order valence-corrected chi connectivity index (χ1v) is 5.38. The number of nitrogens with two attached hydrogens (primary N) is 1. The Hall–Kier alpha value is -2.52. The minimum absolute atomic E-state index is 0.0102. The lowest BCUT2D eigenvalue weighted by molar-refractivity contribution is -0.140. The zero-order valence-corrected chi connectivity index (χ0v) is 10.1. The Labute approximate surface area is 114 Å². The van der Waals surface area contributed by atoms with Crippen LogP contribution in [0.1, 0.15) is 5.69 Å². The molecule has 0 spiro atoms. The number of rotatable bonds is 3. The van der Waals surface area contributed by atoms with E-state index in [9.17, 15) is 22.0 Å². The summed E-state index contributed by atoms with van der Waals surface area (Å²) in [4.78, 5) is 10.1. The molecule has 2 aromatic heterocycles. The number of nitrogen functional groups attached to an aromatic ring is 1. The molecule has 2 heterocycles. The van der Waals surface area contributed by atoms with Crippen LogP contribution in [0.5, 0.6) is 5.88 Å². The second-order valence-corrected chi connectivity index (χ2v) is 3.75. The van der Waals surface area contributed by atoms with E-state index in [0.29, 0.717) is 0 Å². The van der Waals surface area contributed by atoms with Crippen LogP contribution < -0.4 is 10.5 Å². The third-order valence-electron chi connectivity index (χ3n) is 2.33. The van der Waals surface area contributed by atoms with Crippen LogP contribution in [0.15, 0.2) is 24.5 Å². The van der Waals surface area contributed by atoms with Crippen LogP contribution in [0.2, 0.25) is 0 Å². The average molecular weight is 306 g/mol. The van der Waals surface area contributed by atoms with Gasteiger partial charge in [-0.3, -0.25) is 0 Å². The summed E-state index contributed by atoms with van der Waals surface area (Å²) < 4.78 is 66.6. The maximum absolute atomic E-state index is 12.9. The highest BCUT2D eigenvalue weighted by molar-refractivity contribution is 5.65. The van der Waals surface area contributed by atoms with E-state index in [1.807, 2.05) is 0 Å². The molecule has 0 fully saturated rings. The highest BCUT2D eigenvalue weighted by Crippen LogP contribution is 2.35. The molecule has 2 N–H and O–H groups in total. The Morgan fingerprint density at radius 3 is 2.33 bits per heavy atom. The Morgan fingerprint density at radius 2 is 1.81 bits per heavy atom. The molecular formula is C11H7F5N4O. The minimum atomic E-state index is -4.75. The number of ether oxygens (including phenoxy) is 1. The lowest BCUT2D eigenvalue weighted by Crippen LogP contribution is -2.12. The normalized spacial score (nSPS) is 11.7. The fourth-order valence-corrected chi connectivity index (χ4v) is 1.52. The number of pyridine rings is 1. The second-order valence-electron chi connectivity index (χ2n) is 3.75. The van der Waals surface area contributed by atoms with Gasteiger partial charge in [-0.1, -0.05) is 0 Å². The number of aromatic nitrogens is 3. The van der Waals surface area contributed by atoms with Gasteiger partial charge >= 0.3 is 12.8 Å². The molecule has 2 rings (SSSR count). The van der Waals surface area contributed by atoms with Crippen LogP contribution in [0.25, 0.3) is 11.1 Å². The maximum atomic E-state index is 12.9. The molecule has 2 aromatic rings. The van der Waals surface area contributed by atoms with Crippen LogP contribution in [-0.4, -0.2) is 21.6 Å².